The van der Waals surface area contributed by atoms with Crippen molar-refractivity contribution in [3.63, 3.8) is 0 Å². The van der Waals surface area contributed by atoms with E-state index < -0.39 is 11.9 Å². The maximum atomic E-state index is 13.0. The van der Waals surface area contributed by atoms with Gasteiger partial charge in [-0.2, -0.15) is 0 Å². The summed E-state index contributed by atoms with van der Waals surface area (Å²) in [5, 5.41) is 7.41. The summed E-state index contributed by atoms with van der Waals surface area (Å²) in [4.78, 5) is 38.8. The fourth-order valence-corrected chi connectivity index (χ4v) is 3.10. The first-order valence-corrected chi connectivity index (χ1v) is 11.4. The van der Waals surface area contributed by atoms with Gasteiger partial charge in [0, 0.05) is 17.7 Å². The van der Waals surface area contributed by atoms with Crippen molar-refractivity contribution in [1.82, 2.24) is 4.90 Å². The van der Waals surface area contributed by atoms with Gasteiger partial charge in [0.2, 0.25) is 5.91 Å². The molecule has 3 N–H and O–H groups in total. The number of benzene rings is 2. The van der Waals surface area contributed by atoms with Crippen molar-refractivity contribution in [2.45, 2.75) is 20.8 Å². The molecule has 188 valence electrons. The number of nitrogens with two attached hydrogens (primary N) is 1. The molecular weight excluding hydrogens is 458 g/mol. The van der Waals surface area contributed by atoms with Crippen LogP contribution in [0.3, 0.4) is 0 Å². The topological polar surface area (TPSA) is 123 Å². The van der Waals surface area contributed by atoms with E-state index in [0.29, 0.717) is 28.0 Å². The summed E-state index contributed by atoms with van der Waals surface area (Å²) in [7, 11) is 0. The number of nitrogen functional groups attached to an aromatic ring is 1. The van der Waals surface area contributed by atoms with Crippen molar-refractivity contribution in [3.05, 3.63) is 95.1 Å². The summed E-state index contributed by atoms with van der Waals surface area (Å²) in [5.41, 5.74) is 7.44. The molecule has 0 fully saturated rings. The van der Waals surface area contributed by atoms with Crippen molar-refractivity contribution in [2.24, 2.45) is 5.73 Å². The van der Waals surface area contributed by atoms with Crippen LogP contribution < -0.4 is 10.5 Å². The molecular formula is C28H31N3O5. The maximum absolute atomic E-state index is 13.0. The van der Waals surface area contributed by atoms with E-state index in [1.807, 2.05) is 19.1 Å². The van der Waals surface area contributed by atoms with Crippen LogP contribution >= 0.6 is 0 Å². The molecule has 0 aromatic heterocycles. The van der Waals surface area contributed by atoms with Crippen molar-refractivity contribution >= 4 is 29.8 Å². The number of nitrogens with one attached hydrogen (secondary N) is 1. The Balaban J connectivity index is 2.10. The van der Waals surface area contributed by atoms with Gasteiger partial charge in [-0.05, 0) is 68.8 Å². The van der Waals surface area contributed by atoms with Crippen LogP contribution in [-0.2, 0) is 14.3 Å². The smallest absolute Gasteiger partial charge is 0.343 e. The molecule has 0 heterocycles. The average Bonchev–Trinajstić information content (AvgIpc) is 2.86. The summed E-state index contributed by atoms with van der Waals surface area (Å²) >= 11 is 0. The molecule has 2 rings (SSSR count). The summed E-state index contributed by atoms with van der Waals surface area (Å²) in [6.45, 7) is 5.61. The van der Waals surface area contributed by atoms with Gasteiger partial charge >= 0.3 is 11.9 Å². The predicted octanol–water partition coefficient (Wildman–Crippen LogP) is 4.12. The molecule has 0 spiro atoms. The van der Waals surface area contributed by atoms with Gasteiger partial charge in [-0.25, -0.2) is 4.79 Å². The van der Waals surface area contributed by atoms with E-state index in [-0.39, 0.29) is 31.4 Å². The molecule has 0 radical (unpaired) electrons. The quantitative estimate of drug-likeness (QED) is 0.122. The first-order valence-electron chi connectivity index (χ1n) is 11.4. The third kappa shape index (κ3) is 8.72. The van der Waals surface area contributed by atoms with Crippen LogP contribution in [0.5, 0.6) is 5.75 Å². The molecule has 2 aromatic rings. The lowest BCUT2D eigenvalue weighted by Crippen LogP contribution is -2.37. The number of allylic oxidation sites excluding steroid dienone is 3. The van der Waals surface area contributed by atoms with Crippen LogP contribution in [-0.4, -0.2) is 48.3 Å². The number of carbonyl (C=O) groups excluding carboxylic acids is 3. The van der Waals surface area contributed by atoms with E-state index in [1.165, 1.54) is 4.90 Å². The van der Waals surface area contributed by atoms with Gasteiger partial charge in [0.05, 0.1) is 12.2 Å². The van der Waals surface area contributed by atoms with Crippen LogP contribution in [0.2, 0.25) is 0 Å². The molecule has 0 unspecified atom stereocenters. The van der Waals surface area contributed by atoms with Crippen molar-refractivity contribution in [2.75, 3.05) is 19.7 Å². The Morgan fingerprint density at radius 1 is 1.00 bits per heavy atom. The number of hydrogen-bond donors (Lipinski definition) is 2. The minimum atomic E-state index is -0.539. The third-order valence-electron chi connectivity index (χ3n) is 4.92. The Morgan fingerprint density at radius 2 is 1.64 bits per heavy atom. The average molecular weight is 490 g/mol. The highest BCUT2D eigenvalue weighted by molar-refractivity contribution is 5.99. The van der Waals surface area contributed by atoms with Crippen molar-refractivity contribution in [3.8, 4) is 5.75 Å². The second kappa shape index (κ2) is 14.1. The number of esters is 2. The fraction of sp³-hybridized carbons (Fsp3) is 0.214. The molecule has 0 saturated carbocycles. The van der Waals surface area contributed by atoms with Crippen LogP contribution in [0.1, 0.15) is 42.3 Å². The minimum absolute atomic E-state index is 0.0700. The molecule has 8 nitrogen and oxygen atoms in total. The largest absolute Gasteiger partial charge is 0.465 e. The summed E-state index contributed by atoms with van der Waals surface area (Å²) in [5.74, 6) is -1.05. The van der Waals surface area contributed by atoms with Gasteiger partial charge in [0.15, 0.2) is 0 Å². The lowest BCUT2D eigenvalue weighted by molar-refractivity contribution is -0.147. The van der Waals surface area contributed by atoms with Crippen LogP contribution in [0.4, 0.5) is 0 Å². The summed E-state index contributed by atoms with van der Waals surface area (Å²) in [6.07, 6.45) is 8.98. The fourth-order valence-electron chi connectivity index (χ4n) is 3.10. The van der Waals surface area contributed by atoms with E-state index >= 15 is 0 Å². The van der Waals surface area contributed by atoms with E-state index in [9.17, 15) is 14.4 Å². The predicted molar refractivity (Wildman–Crippen MR) is 140 cm³/mol. The second-order valence-electron chi connectivity index (χ2n) is 7.72. The number of amidine groups is 1. The number of rotatable bonds is 11. The molecule has 0 aliphatic carbocycles. The zero-order valence-corrected chi connectivity index (χ0v) is 20.7. The Labute approximate surface area is 211 Å². The monoisotopic (exact) mass is 489 g/mol. The van der Waals surface area contributed by atoms with E-state index in [0.717, 1.165) is 0 Å². The normalized spacial score (nSPS) is 11.5. The molecule has 0 atom stereocenters. The van der Waals surface area contributed by atoms with Gasteiger partial charge in [-0.3, -0.25) is 15.0 Å². The molecule has 36 heavy (non-hydrogen) atoms. The van der Waals surface area contributed by atoms with Crippen molar-refractivity contribution < 1.29 is 23.9 Å². The summed E-state index contributed by atoms with van der Waals surface area (Å²) in [6, 6.07) is 12.9. The SMILES string of the molecule is CC=CC=CCN(CC(=O)OCC)C(=O)C(C)=Cc1ccc(C(=O)Oc2ccc(C(=N)N)cc2)cc1. The number of hydrogen-bond acceptors (Lipinski definition) is 6. The maximum Gasteiger partial charge on any atom is 0.343 e. The molecule has 2 aromatic carbocycles. The number of ether oxygens (including phenoxy) is 2. The van der Waals surface area contributed by atoms with Gasteiger partial charge in [-0.15, -0.1) is 0 Å². The van der Waals surface area contributed by atoms with Gasteiger partial charge < -0.3 is 20.1 Å². The number of carbonyl (C=O) groups is 3. The first-order chi connectivity index (χ1) is 17.2. The van der Waals surface area contributed by atoms with Gasteiger partial charge in [-0.1, -0.05) is 36.4 Å². The Morgan fingerprint density at radius 3 is 2.22 bits per heavy atom. The minimum Gasteiger partial charge on any atom is -0.465 e. The van der Waals surface area contributed by atoms with E-state index in [2.05, 4.69) is 0 Å². The lowest BCUT2D eigenvalue weighted by atomic mass is 10.1. The van der Waals surface area contributed by atoms with Crippen LogP contribution in [0.15, 0.2) is 78.4 Å². The molecule has 0 aliphatic heterocycles. The standard InChI is InChI=1S/C28H31N3O5/c1-4-6-7-8-17-31(19-25(32)35-5-2)27(33)20(3)18-21-9-11-23(12-10-21)28(34)36-24-15-13-22(14-16-24)26(29)30/h4,6-16,18H,5,17,19H2,1-3H3,(H3,29,30). The summed E-state index contributed by atoms with van der Waals surface area (Å²) < 4.78 is 10.3. The Bertz CT molecular complexity index is 1160. The number of nitrogens with zero attached hydrogens (tertiary/aromatic N) is 1. The lowest BCUT2D eigenvalue weighted by Gasteiger charge is -2.20. The zero-order valence-electron chi connectivity index (χ0n) is 20.7. The highest BCUT2D eigenvalue weighted by Gasteiger charge is 2.18. The second-order valence-corrected chi connectivity index (χ2v) is 7.72. The van der Waals surface area contributed by atoms with E-state index in [4.69, 9.17) is 20.6 Å². The molecule has 0 saturated heterocycles. The highest BCUT2D eigenvalue weighted by Crippen LogP contribution is 2.16. The van der Waals surface area contributed by atoms with Crippen LogP contribution in [0, 0.1) is 5.41 Å². The number of amides is 1. The van der Waals surface area contributed by atoms with E-state index in [1.54, 1.807) is 80.6 Å². The molecule has 8 heteroatoms. The third-order valence-corrected chi connectivity index (χ3v) is 4.92. The molecule has 1 amide bonds. The highest BCUT2D eigenvalue weighted by atomic mass is 16.5. The zero-order chi connectivity index (χ0) is 26.5. The molecule has 0 aliphatic rings. The van der Waals surface area contributed by atoms with Crippen LogP contribution in [0.25, 0.3) is 6.08 Å². The van der Waals surface area contributed by atoms with Gasteiger partial charge in [0.25, 0.3) is 0 Å². The molecule has 0 bridgehead atoms. The Hall–Kier alpha value is -4.46. The Kier molecular flexibility index (Phi) is 10.8. The van der Waals surface area contributed by atoms with Gasteiger partial charge in [0.1, 0.15) is 18.1 Å². The first kappa shape index (κ1) is 27.8. The van der Waals surface area contributed by atoms with Crippen molar-refractivity contribution in [1.29, 1.82) is 5.41 Å².